The molecule has 0 N–H and O–H groups in total. The van der Waals surface area contributed by atoms with Gasteiger partial charge in [-0.3, -0.25) is 0 Å². The second-order valence-corrected chi connectivity index (χ2v) is 4.87. The Morgan fingerprint density at radius 3 is 2.32 bits per heavy atom. The third-order valence-corrected chi connectivity index (χ3v) is 2.28. The van der Waals surface area contributed by atoms with Gasteiger partial charge in [0.1, 0.15) is 12.2 Å². The van der Waals surface area contributed by atoms with Gasteiger partial charge in [-0.2, -0.15) is 0 Å². The molecule has 0 heterocycles. The van der Waals surface area contributed by atoms with E-state index in [2.05, 4.69) is 6.58 Å². The van der Waals surface area contributed by atoms with Crippen molar-refractivity contribution in [2.75, 3.05) is 6.61 Å². The minimum atomic E-state index is -0.888. The normalized spacial score (nSPS) is 10.7. The standard InChI is InChI=1S/C15H18O4/c1-11(2)13(16)19-15(3,4)10-18-14(17)12-8-6-5-7-9-12/h5-9H,1,10H2,2-4H3. The third-order valence-electron chi connectivity index (χ3n) is 2.28. The van der Waals surface area contributed by atoms with Gasteiger partial charge in [0, 0.05) is 5.57 Å². The van der Waals surface area contributed by atoms with Crippen molar-refractivity contribution in [2.45, 2.75) is 26.4 Å². The Bertz CT molecular complexity index is 474. The summed E-state index contributed by atoms with van der Waals surface area (Å²) in [6.07, 6.45) is 0. The molecule has 0 aliphatic rings. The highest BCUT2D eigenvalue weighted by Crippen LogP contribution is 2.13. The van der Waals surface area contributed by atoms with E-state index in [9.17, 15) is 9.59 Å². The molecule has 4 heteroatoms. The van der Waals surface area contributed by atoms with Crippen LogP contribution in [0.3, 0.4) is 0 Å². The maximum Gasteiger partial charge on any atom is 0.338 e. The summed E-state index contributed by atoms with van der Waals surface area (Å²) < 4.78 is 10.3. The zero-order valence-corrected chi connectivity index (χ0v) is 11.4. The molecule has 0 radical (unpaired) electrons. The molecule has 0 bridgehead atoms. The van der Waals surface area contributed by atoms with Crippen molar-refractivity contribution in [3.8, 4) is 0 Å². The number of carbonyl (C=O) groups excluding carboxylic acids is 2. The van der Waals surface area contributed by atoms with Crippen LogP contribution in [0.2, 0.25) is 0 Å². The summed E-state index contributed by atoms with van der Waals surface area (Å²) in [6.45, 7) is 8.39. The Balaban J connectivity index is 2.54. The number of carbonyl (C=O) groups is 2. The van der Waals surface area contributed by atoms with Crippen molar-refractivity contribution in [1.29, 1.82) is 0 Å². The molecule has 1 aromatic rings. The molecule has 19 heavy (non-hydrogen) atoms. The smallest absolute Gasteiger partial charge is 0.338 e. The van der Waals surface area contributed by atoms with E-state index in [0.717, 1.165) is 0 Å². The molecule has 0 saturated heterocycles. The van der Waals surface area contributed by atoms with Gasteiger partial charge in [0.2, 0.25) is 0 Å². The first-order valence-corrected chi connectivity index (χ1v) is 5.93. The molecular weight excluding hydrogens is 244 g/mol. The van der Waals surface area contributed by atoms with E-state index in [4.69, 9.17) is 9.47 Å². The largest absolute Gasteiger partial charge is 0.458 e. The van der Waals surface area contributed by atoms with Gasteiger partial charge in [-0.1, -0.05) is 24.8 Å². The van der Waals surface area contributed by atoms with Crippen LogP contribution in [0.1, 0.15) is 31.1 Å². The highest BCUT2D eigenvalue weighted by Gasteiger charge is 2.25. The lowest BCUT2D eigenvalue weighted by atomic mass is 10.1. The lowest BCUT2D eigenvalue weighted by Gasteiger charge is -2.24. The van der Waals surface area contributed by atoms with Crippen LogP contribution in [0.15, 0.2) is 42.5 Å². The Labute approximate surface area is 113 Å². The molecule has 0 aliphatic carbocycles. The zero-order valence-electron chi connectivity index (χ0n) is 11.4. The Morgan fingerprint density at radius 2 is 1.79 bits per heavy atom. The number of rotatable bonds is 5. The molecule has 0 fully saturated rings. The zero-order chi connectivity index (χ0) is 14.5. The summed E-state index contributed by atoms with van der Waals surface area (Å²) in [6, 6.07) is 8.64. The molecule has 1 aromatic carbocycles. The van der Waals surface area contributed by atoms with Crippen molar-refractivity contribution in [1.82, 2.24) is 0 Å². The number of benzene rings is 1. The first-order chi connectivity index (χ1) is 8.82. The molecule has 1 rings (SSSR count). The summed E-state index contributed by atoms with van der Waals surface area (Å²) in [5.74, 6) is -0.944. The second kappa shape index (κ2) is 6.18. The molecule has 0 spiro atoms. The summed E-state index contributed by atoms with van der Waals surface area (Å²) in [7, 11) is 0. The van der Waals surface area contributed by atoms with E-state index in [0.29, 0.717) is 11.1 Å². The molecule has 4 nitrogen and oxygen atoms in total. The quantitative estimate of drug-likeness (QED) is 0.604. The molecule has 0 amide bonds. The van der Waals surface area contributed by atoms with E-state index in [1.807, 2.05) is 6.07 Å². The van der Waals surface area contributed by atoms with Crippen molar-refractivity contribution in [3.05, 3.63) is 48.0 Å². The minimum absolute atomic E-state index is 0.0141. The summed E-state index contributed by atoms with van der Waals surface area (Å²) >= 11 is 0. The van der Waals surface area contributed by atoms with Crippen LogP contribution in [0, 0.1) is 0 Å². The van der Waals surface area contributed by atoms with Gasteiger partial charge in [0.05, 0.1) is 5.56 Å². The highest BCUT2D eigenvalue weighted by atomic mass is 16.6. The summed E-state index contributed by atoms with van der Waals surface area (Å²) in [5, 5.41) is 0. The monoisotopic (exact) mass is 262 g/mol. The predicted molar refractivity (Wildman–Crippen MR) is 71.7 cm³/mol. The van der Waals surface area contributed by atoms with Gasteiger partial charge >= 0.3 is 11.9 Å². The molecular formula is C15H18O4. The van der Waals surface area contributed by atoms with Gasteiger partial charge in [-0.15, -0.1) is 0 Å². The molecule has 0 aromatic heterocycles. The van der Waals surface area contributed by atoms with Crippen LogP contribution in [-0.4, -0.2) is 24.1 Å². The molecule has 0 atom stereocenters. The van der Waals surface area contributed by atoms with Crippen molar-refractivity contribution in [2.24, 2.45) is 0 Å². The van der Waals surface area contributed by atoms with Crippen LogP contribution in [0.4, 0.5) is 0 Å². The maximum atomic E-state index is 11.7. The van der Waals surface area contributed by atoms with Gasteiger partial charge in [-0.05, 0) is 32.9 Å². The van der Waals surface area contributed by atoms with Crippen LogP contribution >= 0.6 is 0 Å². The predicted octanol–water partition coefficient (Wildman–Crippen LogP) is 2.74. The van der Waals surface area contributed by atoms with Crippen LogP contribution in [-0.2, 0) is 14.3 Å². The van der Waals surface area contributed by atoms with Crippen LogP contribution in [0.5, 0.6) is 0 Å². The van der Waals surface area contributed by atoms with Crippen molar-refractivity contribution in [3.63, 3.8) is 0 Å². The Hall–Kier alpha value is -2.10. The Kier molecular flexibility index (Phi) is 4.87. The van der Waals surface area contributed by atoms with Crippen LogP contribution < -0.4 is 0 Å². The average molecular weight is 262 g/mol. The van der Waals surface area contributed by atoms with Gasteiger partial charge < -0.3 is 9.47 Å². The van der Waals surface area contributed by atoms with E-state index in [-0.39, 0.29) is 6.61 Å². The number of esters is 2. The van der Waals surface area contributed by atoms with E-state index < -0.39 is 17.5 Å². The summed E-state index contributed by atoms with van der Waals surface area (Å²) in [5.41, 5.74) is -0.118. The van der Waals surface area contributed by atoms with Crippen molar-refractivity contribution >= 4 is 11.9 Å². The fourth-order valence-corrected chi connectivity index (χ4v) is 1.26. The van der Waals surface area contributed by atoms with Gasteiger partial charge in [0.25, 0.3) is 0 Å². The molecule has 102 valence electrons. The summed E-state index contributed by atoms with van der Waals surface area (Å²) in [4.78, 5) is 23.1. The lowest BCUT2D eigenvalue weighted by Crippen LogP contribution is -2.34. The lowest BCUT2D eigenvalue weighted by molar-refractivity contribution is -0.155. The molecule has 0 aliphatic heterocycles. The first-order valence-electron chi connectivity index (χ1n) is 5.93. The third kappa shape index (κ3) is 4.95. The number of hydrogen-bond donors (Lipinski definition) is 0. The van der Waals surface area contributed by atoms with Crippen molar-refractivity contribution < 1.29 is 19.1 Å². The highest BCUT2D eigenvalue weighted by molar-refractivity contribution is 5.89. The maximum absolute atomic E-state index is 11.7. The van der Waals surface area contributed by atoms with E-state index in [1.54, 1.807) is 45.0 Å². The fourth-order valence-electron chi connectivity index (χ4n) is 1.26. The first kappa shape index (κ1) is 15.0. The molecule has 0 unspecified atom stereocenters. The fraction of sp³-hybridized carbons (Fsp3) is 0.333. The molecule has 0 saturated carbocycles. The van der Waals surface area contributed by atoms with E-state index >= 15 is 0 Å². The van der Waals surface area contributed by atoms with Crippen LogP contribution in [0.25, 0.3) is 0 Å². The Morgan fingerprint density at radius 1 is 1.21 bits per heavy atom. The topological polar surface area (TPSA) is 52.6 Å². The minimum Gasteiger partial charge on any atom is -0.458 e. The average Bonchev–Trinajstić information content (AvgIpc) is 2.36. The second-order valence-electron chi connectivity index (χ2n) is 4.87. The number of ether oxygens (including phenoxy) is 2. The number of hydrogen-bond acceptors (Lipinski definition) is 4. The SMILES string of the molecule is C=C(C)C(=O)OC(C)(C)COC(=O)c1ccccc1. The van der Waals surface area contributed by atoms with E-state index in [1.165, 1.54) is 0 Å². The van der Waals surface area contributed by atoms with Gasteiger partial charge in [-0.25, -0.2) is 9.59 Å². The van der Waals surface area contributed by atoms with Gasteiger partial charge in [0.15, 0.2) is 0 Å².